The van der Waals surface area contributed by atoms with E-state index in [4.69, 9.17) is 0 Å². The van der Waals surface area contributed by atoms with Crippen molar-refractivity contribution < 1.29 is 0 Å². The molecule has 1 aromatic carbocycles. The number of hydrogen-bond donors (Lipinski definition) is 1. The summed E-state index contributed by atoms with van der Waals surface area (Å²) in [5, 5.41) is 7.87. The van der Waals surface area contributed by atoms with Crippen LogP contribution in [0.15, 0.2) is 48.3 Å². The minimum Gasteiger partial charge on any atom is -0.313 e. The number of nitrogens with zero attached hydrogens (tertiary/aromatic N) is 2. The van der Waals surface area contributed by atoms with Crippen LogP contribution in [0.5, 0.6) is 0 Å². The van der Waals surface area contributed by atoms with Crippen LogP contribution in [0.4, 0.5) is 0 Å². The molecular formula is C17H23N3. The Morgan fingerprint density at radius 2 is 2.05 bits per heavy atom. The van der Waals surface area contributed by atoms with Gasteiger partial charge in [-0.3, -0.25) is 0 Å². The van der Waals surface area contributed by atoms with Crippen LogP contribution in [0.2, 0.25) is 0 Å². The molecule has 0 unspecified atom stereocenters. The lowest BCUT2D eigenvalue weighted by molar-refractivity contribution is 0.706. The second kappa shape index (κ2) is 7.65. The van der Waals surface area contributed by atoms with Crippen molar-refractivity contribution in [3.05, 3.63) is 53.9 Å². The van der Waals surface area contributed by atoms with Crippen molar-refractivity contribution in [3.8, 4) is 5.69 Å². The van der Waals surface area contributed by atoms with Crippen molar-refractivity contribution in [2.24, 2.45) is 0 Å². The molecule has 0 amide bonds. The monoisotopic (exact) mass is 269 g/mol. The first-order valence-corrected chi connectivity index (χ1v) is 7.33. The molecule has 20 heavy (non-hydrogen) atoms. The van der Waals surface area contributed by atoms with E-state index in [1.54, 1.807) is 0 Å². The third-order valence-electron chi connectivity index (χ3n) is 3.23. The maximum Gasteiger partial charge on any atom is 0.0645 e. The fourth-order valence-electron chi connectivity index (χ4n) is 2.07. The van der Waals surface area contributed by atoms with Crippen molar-refractivity contribution in [2.45, 2.75) is 26.7 Å². The number of hydrogen-bond acceptors (Lipinski definition) is 2. The molecule has 0 atom stereocenters. The van der Waals surface area contributed by atoms with Crippen LogP contribution in [0.25, 0.3) is 11.8 Å². The molecule has 0 saturated carbocycles. The summed E-state index contributed by atoms with van der Waals surface area (Å²) in [7, 11) is 0. The molecule has 1 N–H and O–H groups in total. The Hall–Kier alpha value is -1.87. The van der Waals surface area contributed by atoms with Gasteiger partial charge in [-0.05, 0) is 31.5 Å². The SMILES string of the molecule is CCCNCC(=Cc1cnn(-c2ccccc2)c1)CC. The molecule has 106 valence electrons. The van der Waals surface area contributed by atoms with Crippen molar-refractivity contribution in [1.29, 1.82) is 0 Å². The Bertz CT molecular complexity index is 540. The molecule has 3 nitrogen and oxygen atoms in total. The van der Waals surface area contributed by atoms with E-state index in [0.717, 1.165) is 30.8 Å². The van der Waals surface area contributed by atoms with E-state index in [1.807, 2.05) is 29.1 Å². The van der Waals surface area contributed by atoms with E-state index in [9.17, 15) is 0 Å². The smallest absolute Gasteiger partial charge is 0.0645 e. The Balaban J connectivity index is 2.07. The Kier molecular flexibility index (Phi) is 5.56. The summed E-state index contributed by atoms with van der Waals surface area (Å²) < 4.78 is 1.92. The average Bonchev–Trinajstić information content (AvgIpc) is 2.96. The molecule has 0 aliphatic carbocycles. The normalized spacial score (nSPS) is 11.8. The highest BCUT2D eigenvalue weighted by Crippen LogP contribution is 2.12. The van der Waals surface area contributed by atoms with Gasteiger partial charge in [0.15, 0.2) is 0 Å². The van der Waals surface area contributed by atoms with Crippen molar-refractivity contribution in [1.82, 2.24) is 15.1 Å². The molecule has 0 aliphatic heterocycles. The average molecular weight is 269 g/mol. The minimum absolute atomic E-state index is 0.959. The second-order valence-corrected chi connectivity index (χ2v) is 4.89. The molecule has 0 spiro atoms. The minimum atomic E-state index is 0.959. The number of aromatic nitrogens is 2. The van der Waals surface area contributed by atoms with E-state index in [0.29, 0.717) is 0 Å². The summed E-state index contributed by atoms with van der Waals surface area (Å²) in [4.78, 5) is 0. The van der Waals surface area contributed by atoms with Crippen molar-refractivity contribution in [3.63, 3.8) is 0 Å². The largest absolute Gasteiger partial charge is 0.313 e. The summed E-state index contributed by atoms with van der Waals surface area (Å²) in [6.07, 6.45) is 8.46. The zero-order valence-electron chi connectivity index (χ0n) is 12.3. The summed E-state index contributed by atoms with van der Waals surface area (Å²) >= 11 is 0. The third-order valence-corrected chi connectivity index (χ3v) is 3.23. The number of nitrogens with one attached hydrogen (secondary N) is 1. The van der Waals surface area contributed by atoms with Gasteiger partial charge in [-0.25, -0.2) is 4.68 Å². The lowest BCUT2D eigenvalue weighted by Gasteiger charge is -2.05. The lowest BCUT2D eigenvalue weighted by atomic mass is 10.1. The van der Waals surface area contributed by atoms with Gasteiger partial charge < -0.3 is 5.32 Å². The highest BCUT2D eigenvalue weighted by atomic mass is 15.3. The first-order valence-electron chi connectivity index (χ1n) is 7.33. The van der Waals surface area contributed by atoms with E-state index < -0.39 is 0 Å². The van der Waals surface area contributed by atoms with Gasteiger partial charge in [0.1, 0.15) is 0 Å². The lowest BCUT2D eigenvalue weighted by Crippen LogP contribution is -2.17. The van der Waals surface area contributed by atoms with Crippen LogP contribution in [-0.4, -0.2) is 22.9 Å². The van der Waals surface area contributed by atoms with Gasteiger partial charge in [0.25, 0.3) is 0 Å². The molecule has 2 rings (SSSR count). The molecule has 0 bridgehead atoms. The molecule has 1 heterocycles. The van der Waals surface area contributed by atoms with Crippen molar-refractivity contribution >= 4 is 6.08 Å². The molecule has 2 aromatic rings. The zero-order valence-corrected chi connectivity index (χ0v) is 12.3. The standard InChI is InChI=1S/C17H23N3/c1-3-10-18-12-15(4-2)11-16-13-19-20(14-16)17-8-6-5-7-9-17/h5-9,11,13-14,18H,3-4,10,12H2,1-2H3. The predicted molar refractivity (Wildman–Crippen MR) is 85.0 cm³/mol. The summed E-state index contributed by atoms with van der Waals surface area (Å²) in [6.45, 7) is 6.41. The van der Waals surface area contributed by atoms with Crippen molar-refractivity contribution in [2.75, 3.05) is 13.1 Å². The topological polar surface area (TPSA) is 29.9 Å². The van der Waals surface area contributed by atoms with Gasteiger partial charge in [-0.1, -0.05) is 43.7 Å². The van der Waals surface area contributed by atoms with E-state index in [2.05, 4.69) is 48.7 Å². The van der Waals surface area contributed by atoms with Gasteiger partial charge in [0.2, 0.25) is 0 Å². The highest BCUT2D eigenvalue weighted by molar-refractivity contribution is 5.52. The molecule has 0 radical (unpaired) electrons. The van der Waals surface area contributed by atoms with E-state index >= 15 is 0 Å². The van der Waals surface area contributed by atoms with E-state index in [-0.39, 0.29) is 0 Å². The van der Waals surface area contributed by atoms with Gasteiger partial charge in [-0.2, -0.15) is 5.10 Å². The molecule has 1 aromatic heterocycles. The first-order chi connectivity index (χ1) is 9.83. The van der Waals surface area contributed by atoms with Gasteiger partial charge in [0, 0.05) is 18.3 Å². The summed E-state index contributed by atoms with van der Waals surface area (Å²) in [5.74, 6) is 0. The van der Waals surface area contributed by atoms with Crippen LogP contribution >= 0.6 is 0 Å². The number of rotatable bonds is 7. The Morgan fingerprint density at radius 3 is 2.75 bits per heavy atom. The molecule has 0 saturated heterocycles. The molecular weight excluding hydrogens is 246 g/mol. The summed E-state index contributed by atoms with van der Waals surface area (Å²) in [5.41, 5.74) is 3.66. The predicted octanol–water partition coefficient (Wildman–Crippen LogP) is 3.67. The van der Waals surface area contributed by atoms with Gasteiger partial charge in [0.05, 0.1) is 11.9 Å². The Labute approximate surface area is 121 Å². The van der Waals surface area contributed by atoms with Crippen LogP contribution in [0.1, 0.15) is 32.3 Å². The number of benzene rings is 1. The van der Waals surface area contributed by atoms with Gasteiger partial charge >= 0.3 is 0 Å². The van der Waals surface area contributed by atoms with E-state index in [1.165, 1.54) is 12.0 Å². The van der Waals surface area contributed by atoms with Crippen LogP contribution in [-0.2, 0) is 0 Å². The van der Waals surface area contributed by atoms with Crippen LogP contribution in [0, 0.1) is 0 Å². The first kappa shape index (κ1) is 14.5. The summed E-state index contributed by atoms with van der Waals surface area (Å²) in [6, 6.07) is 10.2. The highest BCUT2D eigenvalue weighted by Gasteiger charge is 2.00. The second-order valence-electron chi connectivity index (χ2n) is 4.89. The van der Waals surface area contributed by atoms with Crippen LogP contribution < -0.4 is 5.32 Å². The maximum absolute atomic E-state index is 4.42. The fraction of sp³-hybridized carbons (Fsp3) is 0.353. The van der Waals surface area contributed by atoms with Gasteiger partial charge in [-0.15, -0.1) is 0 Å². The molecule has 0 aliphatic rings. The maximum atomic E-state index is 4.42. The third kappa shape index (κ3) is 4.07. The fourth-order valence-corrected chi connectivity index (χ4v) is 2.07. The number of para-hydroxylation sites is 1. The molecule has 3 heteroatoms. The van der Waals surface area contributed by atoms with Crippen LogP contribution in [0.3, 0.4) is 0 Å². The molecule has 0 fully saturated rings. The zero-order chi connectivity index (χ0) is 14.2. The quantitative estimate of drug-likeness (QED) is 0.777. The Morgan fingerprint density at radius 1 is 1.25 bits per heavy atom.